The fraction of sp³-hybridized carbons (Fsp3) is 0.263. The van der Waals surface area contributed by atoms with Crippen molar-refractivity contribution in [1.82, 2.24) is 4.98 Å². The van der Waals surface area contributed by atoms with Gasteiger partial charge >= 0.3 is 0 Å². The number of rotatable bonds is 3. The van der Waals surface area contributed by atoms with E-state index in [9.17, 15) is 10.1 Å². The number of aromatic nitrogens is 1. The second-order valence-corrected chi connectivity index (χ2v) is 6.18. The van der Waals surface area contributed by atoms with E-state index in [2.05, 4.69) is 4.98 Å². The van der Waals surface area contributed by atoms with Crippen LogP contribution < -0.4 is 9.47 Å². The topological polar surface area (TPSA) is 77.4 Å². The molecule has 1 aromatic heterocycles. The Bertz CT molecular complexity index is 991. The number of aromatic amines is 1. The highest BCUT2D eigenvalue weighted by molar-refractivity contribution is 5.93. The highest BCUT2D eigenvalue weighted by Crippen LogP contribution is 2.42. The second-order valence-electron chi connectivity index (χ2n) is 6.18. The number of ether oxygens (including phenoxy) is 2. The predicted molar refractivity (Wildman–Crippen MR) is 95.5 cm³/mol. The number of nitrogens with one attached hydrogen (secondary N) is 1. The zero-order valence-corrected chi connectivity index (χ0v) is 14.1. The molecule has 6 nitrogen and oxygen atoms in total. The molecule has 0 radical (unpaired) electrons. The minimum Gasteiger partial charge on any atom is -0.493 e. The molecule has 0 bridgehead atoms. The number of benzene rings is 2. The van der Waals surface area contributed by atoms with Gasteiger partial charge in [0.1, 0.15) is 0 Å². The fourth-order valence-electron chi connectivity index (χ4n) is 3.66. The molecule has 1 aliphatic carbocycles. The maximum atomic E-state index is 11.1. The van der Waals surface area contributed by atoms with E-state index in [0.717, 1.165) is 47.2 Å². The van der Waals surface area contributed by atoms with Gasteiger partial charge < -0.3 is 14.5 Å². The summed E-state index contributed by atoms with van der Waals surface area (Å²) in [4.78, 5) is 14.1. The van der Waals surface area contributed by atoms with Crippen LogP contribution in [0.3, 0.4) is 0 Å². The Morgan fingerprint density at radius 2 is 1.84 bits per heavy atom. The molecule has 0 saturated heterocycles. The first kappa shape index (κ1) is 15.5. The molecule has 0 amide bonds. The summed E-state index contributed by atoms with van der Waals surface area (Å²) >= 11 is 0. The minimum atomic E-state index is -0.368. The number of nitro groups is 1. The van der Waals surface area contributed by atoms with Crippen molar-refractivity contribution < 1.29 is 14.4 Å². The number of nitro benzene ring substituents is 1. The standard InChI is InChI=1S/C19H18N2O4/c1-24-17-8-11-4-3-5-14-13-7-6-12(21(22)23)9-16(13)20-19(14)15(11)10-18(17)25-2/h6-10,20H,3-5H2,1-2H3. The Kier molecular flexibility index (Phi) is 3.60. The summed E-state index contributed by atoms with van der Waals surface area (Å²) in [5, 5.41) is 12.1. The quantitative estimate of drug-likeness (QED) is 0.572. The van der Waals surface area contributed by atoms with Crippen LogP contribution in [0.15, 0.2) is 30.3 Å². The van der Waals surface area contributed by atoms with Crippen molar-refractivity contribution in [3.8, 4) is 22.8 Å². The Morgan fingerprint density at radius 1 is 1.08 bits per heavy atom. The van der Waals surface area contributed by atoms with Crippen LogP contribution in [0.1, 0.15) is 17.5 Å². The predicted octanol–water partition coefficient (Wildman–Crippen LogP) is 4.25. The Hall–Kier alpha value is -3.02. The van der Waals surface area contributed by atoms with E-state index in [1.54, 1.807) is 26.4 Å². The SMILES string of the molecule is COc1cc2c(cc1OC)-c1[nH]c3cc([N+](=O)[O-])ccc3c1CCC2. The molecule has 4 rings (SSSR count). The van der Waals surface area contributed by atoms with Crippen molar-refractivity contribution >= 4 is 16.6 Å². The first-order valence-corrected chi connectivity index (χ1v) is 8.16. The van der Waals surface area contributed by atoms with Crippen molar-refractivity contribution in [2.75, 3.05) is 14.2 Å². The zero-order chi connectivity index (χ0) is 17.6. The van der Waals surface area contributed by atoms with Gasteiger partial charge in [-0.2, -0.15) is 0 Å². The molecule has 2 aromatic carbocycles. The molecule has 0 fully saturated rings. The molecule has 128 valence electrons. The van der Waals surface area contributed by atoms with Crippen LogP contribution in [-0.4, -0.2) is 24.1 Å². The molecular weight excluding hydrogens is 320 g/mol. The van der Waals surface area contributed by atoms with E-state index in [1.807, 2.05) is 18.2 Å². The summed E-state index contributed by atoms with van der Waals surface area (Å²) in [7, 11) is 3.25. The maximum Gasteiger partial charge on any atom is 0.271 e. The van der Waals surface area contributed by atoms with Gasteiger partial charge in [0, 0.05) is 23.1 Å². The number of non-ortho nitro benzene ring substituents is 1. The summed E-state index contributed by atoms with van der Waals surface area (Å²) in [6, 6.07) is 9.02. The lowest BCUT2D eigenvalue weighted by Crippen LogP contribution is -1.95. The summed E-state index contributed by atoms with van der Waals surface area (Å²) in [6.45, 7) is 0. The smallest absolute Gasteiger partial charge is 0.271 e. The molecule has 0 aliphatic heterocycles. The Morgan fingerprint density at radius 3 is 2.56 bits per heavy atom. The Balaban J connectivity index is 1.97. The number of nitrogens with zero attached hydrogens (tertiary/aromatic N) is 1. The first-order valence-electron chi connectivity index (χ1n) is 8.16. The van der Waals surface area contributed by atoms with E-state index in [4.69, 9.17) is 9.47 Å². The van der Waals surface area contributed by atoms with Crippen LogP contribution in [0.5, 0.6) is 11.5 Å². The normalized spacial score (nSPS) is 13.0. The molecule has 0 unspecified atom stereocenters. The summed E-state index contributed by atoms with van der Waals surface area (Å²) in [6.07, 6.45) is 2.89. The molecule has 1 aliphatic rings. The van der Waals surface area contributed by atoms with E-state index in [1.165, 1.54) is 11.1 Å². The number of hydrogen-bond donors (Lipinski definition) is 1. The fourth-order valence-corrected chi connectivity index (χ4v) is 3.66. The van der Waals surface area contributed by atoms with Gasteiger partial charge in [-0.1, -0.05) is 0 Å². The van der Waals surface area contributed by atoms with Gasteiger partial charge in [0.15, 0.2) is 11.5 Å². The number of aryl methyl sites for hydroxylation is 2. The molecule has 1 N–H and O–H groups in total. The average molecular weight is 338 g/mol. The molecule has 6 heteroatoms. The van der Waals surface area contributed by atoms with Crippen molar-refractivity contribution in [2.24, 2.45) is 0 Å². The number of methoxy groups -OCH3 is 2. The van der Waals surface area contributed by atoms with Crippen LogP contribution >= 0.6 is 0 Å². The van der Waals surface area contributed by atoms with Gasteiger partial charge in [-0.05, 0) is 48.6 Å². The molecule has 25 heavy (non-hydrogen) atoms. The summed E-state index contributed by atoms with van der Waals surface area (Å²) in [5.41, 5.74) is 5.37. The van der Waals surface area contributed by atoms with Crippen LogP contribution in [0.2, 0.25) is 0 Å². The van der Waals surface area contributed by atoms with E-state index in [0.29, 0.717) is 5.75 Å². The molecule has 0 spiro atoms. The van der Waals surface area contributed by atoms with E-state index < -0.39 is 0 Å². The van der Waals surface area contributed by atoms with Gasteiger partial charge in [-0.15, -0.1) is 0 Å². The van der Waals surface area contributed by atoms with Crippen LogP contribution in [0.4, 0.5) is 5.69 Å². The number of fused-ring (bicyclic) bond motifs is 5. The largest absolute Gasteiger partial charge is 0.493 e. The van der Waals surface area contributed by atoms with Gasteiger partial charge in [0.25, 0.3) is 5.69 Å². The van der Waals surface area contributed by atoms with Crippen molar-refractivity contribution in [2.45, 2.75) is 19.3 Å². The first-order chi connectivity index (χ1) is 12.1. The van der Waals surface area contributed by atoms with Crippen LogP contribution in [0.25, 0.3) is 22.2 Å². The molecule has 0 atom stereocenters. The molecule has 0 saturated carbocycles. The third-order valence-electron chi connectivity index (χ3n) is 4.85. The third kappa shape index (κ3) is 2.41. The van der Waals surface area contributed by atoms with E-state index in [-0.39, 0.29) is 10.6 Å². The minimum absolute atomic E-state index is 0.0939. The second kappa shape index (κ2) is 5.81. The van der Waals surface area contributed by atoms with Gasteiger partial charge in [-0.25, -0.2) is 0 Å². The van der Waals surface area contributed by atoms with Crippen molar-refractivity contribution in [3.05, 3.63) is 51.6 Å². The van der Waals surface area contributed by atoms with Gasteiger partial charge in [-0.3, -0.25) is 10.1 Å². The zero-order valence-electron chi connectivity index (χ0n) is 14.1. The lowest BCUT2D eigenvalue weighted by molar-refractivity contribution is -0.384. The summed E-state index contributed by atoms with van der Waals surface area (Å²) in [5.74, 6) is 1.40. The lowest BCUT2D eigenvalue weighted by atomic mass is 10.0. The molecular formula is C19H18N2O4. The number of H-pyrrole nitrogens is 1. The highest BCUT2D eigenvalue weighted by Gasteiger charge is 2.22. The summed E-state index contributed by atoms with van der Waals surface area (Å²) < 4.78 is 10.9. The van der Waals surface area contributed by atoms with Gasteiger partial charge in [0.05, 0.1) is 30.4 Å². The van der Waals surface area contributed by atoms with Gasteiger partial charge in [0.2, 0.25) is 0 Å². The molecule has 1 heterocycles. The lowest BCUT2D eigenvalue weighted by Gasteiger charge is -2.13. The highest BCUT2D eigenvalue weighted by atomic mass is 16.6. The van der Waals surface area contributed by atoms with Crippen LogP contribution in [-0.2, 0) is 12.8 Å². The third-order valence-corrected chi connectivity index (χ3v) is 4.85. The van der Waals surface area contributed by atoms with Crippen LogP contribution in [0, 0.1) is 10.1 Å². The maximum absolute atomic E-state index is 11.1. The van der Waals surface area contributed by atoms with E-state index >= 15 is 0 Å². The molecule has 3 aromatic rings. The monoisotopic (exact) mass is 338 g/mol. The van der Waals surface area contributed by atoms with Crippen molar-refractivity contribution in [1.29, 1.82) is 0 Å². The van der Waals surface area contributed by atoms with Crippen molar-refractivity contribution in [3.63, 3.8) is 0 Å². The number of hydrogen-bond acceptors (Lipinski definition) is 4. The Labute approximate surface area is 144 Å². The average Bonchev–Trinajstić information content (AvgIpc) is 2.89.